The Bertz CT molecular complexity index is 1400. The second-order valence-corrected chi connectivity index (χ2v) is 10.7. The summed E-state index contributed by atoms with van der Waals surface area (Å²) >= 11 is 13.1. The average molecular weight is 534 g/mol. The van der Waals surface area contributed by atoms with Gasteiger partial charge in [0.1, 0.15) is 10.6 Å². The van der Waals surface area contributed by atoms with Crippen LogP contribution < -0.4 is 4.18 Å². The number of imide groups is 1. The van der Waals surface area contributed by atoms with Gasteiger partial charge in [0.2, 0.25) is 0 Å². The third-order valence-electron chi connectivity index (χ3n) is 4.92. The summed E-state index contributed by atoms with van der Waals surface area (Å²) in [6.45, 7) is 1.80. The lowest BCUT2D eigenvalue weighted by Crippen LogP contribution is -2.27. The van der Waals surface area contributed by atoms with Crippen molar-refractivity contribution >= 4 is 62.3 Å². The number of nitrogens with zero attached hydrogens (tertiary/aromatic N) is 1. The van der Waals surface area contributed by atoms with Crippen molar-refractivity contribution in [2.24, 2.45) is 0 Å². The fourth-order valence-corrected chi connectivity index (χ4v) is 5.44. The number of halogens is 2. The standard InChI is InChI=1S/C24H17Cl2NO5S2/c1-15-8-10-18(11-9-15)34(30,31)32-17-5-2-4-16(12-17)13-22-23(28)27(24(29)33-22)14-19-20(25)6-3-7-21(19)26/h2-13H,14H2,1H3/b22-13-. The topological polar surface area (TPSA) is 80.8 Å². The summed E-state index contributed by atoms with van der Waals surface area (Å²) in [5.41, 5.74) is 1.90. The molecule has 1 aliphatic heterocycles. The number of hydrogen-bond acceptors (Lipinski definition) is 6. The third kappa shape index (κ3) is 5.31. The molecule has 1 fully saturated rings. The van der Waals surface area contributed by atoms with E-state index in [1.165, 1.54) is 30.3 Å². The molecule has 0 atom stereocenters. The Hall–Kier alpha value is -2.78. The molecule has 1 saturated heterocycles. The van der Waals surface area contributed by atoms with Crippen LogP contribution in [0.5, 0.6) is 5.75 Å². The van der Waals surface area contributed by atoms with Crippen molar-refractivity contribution in [3.63, 3.8) is 0 Å². The Balaban J connectivity index is 1.54. The van der Waals surface area contributed by atoms with E-state index >= 15 is 0 Å². The van der Waals surface area contributed by atoms with Crippen molar-refractivity contribution < 1.29 is 22.2 Å². The SMILES string of the molecule is Cc1ccc(S(=O)(=O)Oc2cccc(/C=C3\SC(=O)N(Cc4c(Cl)cccc4Cl)C3=O)c2)cc1. The molecular weight excluding hydrogens is 517 g/mol. The van der Waals surface area contributed by atoms with Gasteiger partial charge in [-0.05, 0) is 66.7 Å². The zero-order valence-electron chi connectivity index (χ0n) is 17.7. The van der Waals surface area contributed by atoms with Crippen molar-refractivity contribution in [1.82, 2.24) is 4.90 Å². The minimum absolute atomic E-state index is 0.0304. The number of amides is 2. The Morgan fingerprint density at radius 1 is 0.971 bits per heavy atom. The fourth-order valence-electron chi connectivity index (χ4n) is 3.17. The highest BCUT2D eigenvalue weighted by Crippen LogP contribution is 2.36. The molecule has 4 rings (SSSR count). The van der Waals surface area contributed by atoms with Gasteiger partial charge in [-0.3, -0.25) is 14.5 Å². The van der Waals surface area contributed by atoms with Crippen LogP contribution in [0.3, 0.4) is 0 Å². The van der Waals surface area contributed by atoms with Gasteiger partial charge < -0.3 is 4.18 Å². The first-order valence-electron chi connectivity index (χ1n) is 9.93. The van der Waals surface area contributed by atoms with Crippen molar-refractivity contribution in [1.29, 1.82) is 0 Å². The van der Waals surface area contributed by atoms with E-state index < -0.39 is 21.3 Å². The summed E-state index contributed by atoms with van der Waals surface area (Å²) in [6.07, 6.45) is 1.50. The Kier molecular flexibility index (Phi) is 7.04. The highest BCUT2D eigenvalue weighted by Gasteiger charge is 2.35. The maximum Gasteiger partial charge on any atom is 0.339 e. The van der Waals surface area contributed by atoms with Gasteiger partial charge in [-0.1, -0.05) is 59.1 Å². The Morgan fingerprint density at radius 2 is 1.62 bits per heavy atom. The number of rotatable bonds is 6. The molecule has 0 aliphatic carbocycles. The summed E-state index contributed by atoms with van der Waals surface area (Å²) in [5.74, 6) is -0.416. The van der Waals surface area contributed by atoms with Gasteiger partial charge in [0.25, 0.3) is 11.1 Å². The molecule has 6 nitrogen and oxygen atoms in total. The van der Waals surface area contributed by atoms with Crippen LogP contribution in [0.15, 0.2) is 76.5 Å². The molecule has 0 radical (unpaired) electrons. The zero-order valence-corrected chi connectivity index (χ0v) is 20.8. The third-order valence-corrected chi connectivity index (χ3v) is 7.80. The molecule has 0 saturated carbocycles. The molecule has 1 heterocycles. The van der Waals surface area contributed by atoms with E-state index in [0.717, 1.165) is 22.2 Å². The molecule has 34 heavy (non-hydrogen) atoms. The molecule has 3 aromatic rings. The lowest BCUT2D eigenvalue weighted by atomic mass is 10.2. The quantitative estimate of drug-likeness (QED) is 0.273. The molecular formula is C24H17Cl2NO5S2. The number of aryl methyl sites for hydroxylation is 1. The predicted molar refractivity (Wildman–Crippen MR) is 133 cm³/mol. The first kappa shape index (κ1) is 24.3. The van der Waals surface area contributed by atoms with Crippen LogP contribution in [0.25, 0.3) is 6.08 Å². The van der Waals surface area contributed by atoms with E-state index in [0.29, 0.717) is 21.2 Å². The second-order valence-electron chi connectivity index (χ2n) is 7.39. The minimum Gasteiger partial charge on any atom is -0.379 e. The van der Waals surface area contributed by atoms with Crippen molar-refractivity contribution in [2.75, 3.05) is 0 Å². The molecule has 10 heteroatoms. The first-order chi connectivity index (χ1) is 16.1. The Morgan fingerprint density at radius 3 is 2.29 bits per heavy atom. The first-order valence-corrected chi connectivity index (χ1v) is 12.9. The predicted octanol–water partition coefficient (Wildman–Crippen LogP) is 6.31. The fraction of sp³-hybridized carbons (Fsp3) is 0.0833. The van der Waals surface area contributed by atoms with E-state index in [1.807, 2.05) is 6.92 Å². The molecule has 2 amide bonds. The number of thioether (sulfide) groups is 1. The summed E-state index contributed by atoms with van der Waals surface area (Å²) in [5, 5.41) is 0.256. The van der Waals surface area contributed by atoms with Gasteiger partial charge in [0.15, 0.2) is 0 Å². The van der Waals surface area contributed by atoms with Gasteiger partial charge in [-0.2, -0.15) is 8.42 Å². The second kappa shape index (κ2) is 9.84. The van der Waals surface area contributed by atoms with Crippen molar-refractivity contribution in [3.05, 3.63) is 98.4 Å². The normalized spacial score (nSPS) is 15.3. The van der Waals surface area contributed by atoms with Crippen LogP contribution in [0.4, 0.5) is 4.79 Å². The van der Waals surface area contributed by atoms with Crippen LogP contribution >= 0.6 is 35.0 Å². The van der Waals surface area contributed by atoms with E-state index in [9.17, 15) is 18.0 Å². The van der Waals surface area contributed by atoms with Gasteiger partial charge in [-0.15, -0.1) is 0 Å². The van der Waals surface area contributed by atoms with Crippen molar-refractivity contribution in [3.8, 4) is 5.75 Å². The van der Waals surface area contributed by atoms with Crippen LogP contribution in [0, 0.1) is 6.92 Å². The lowest BCUT2D eigenvalue weighted by Gasteiger charge is -2.14. The summed E-state index contributed by atoms with van der Waals surface area (Å²) < 4.78 is 30.4. The summed E-state index contributed by atoms with van der Waals surface area (Å²) in [6, 6.07) is 17.5. The van der Waals surface area contributed by atoms with E-state index in [1.54, 1.807) is 42.5 Å². The van der Waals surface area contributed by atoms with Gasteiger partial charge in [-0.25, -0.2) is 0 Å². The number of hydrogen-bond donors (Lipinski definition) is 0. The molecule has 0 bridgehead atoms. The molecule has 0 N–H and O–H groups in total. The van der Waals surface area contributed by atoms with Crippen LogP contribution in [0.1, 0.15) is 16.7 Å². The monoisotopic (exact) mass is 533 g/mol. The lowest BCUT2D eigenvalue weighted by molar-refractivity contribution is -0.123. The highest BCUT2D eigenvalue weighted by atomic mass is 35.5. The van der Waals surface area contributed by atoms with E-state index in [2.05, 4.69) is 0 Å². The van der Waals surface area contributed by atoms with Crippen LogP contribution in [-0.2, 0) is 21.5 Å². The smallest absolute Gasteiger partial charge is 0.339 e. The van der Waals surface area contributed by atoms with Crippen LogP contribution in [0.2, 0.25) is 10.0 Å². The van der Waals surface area contributed by atoms with Gasteiger partial charge in [0, 0.05) is 15.6 Å². The molecule has 0 aromatic heterocycles. The maximum atomic E-state index is 12.9. The molecule has 0 spiro atoms. The number of benzene rings is 3. The van der Waals surface area contributed by atoms with Gasteiger partial charge >= 0.3 is 10.1 Å². The van der Waals surface area contributed by atoms with Crippen LogP contribution in [-0.4, -0.2) is 24.5 Å². The van der Waals surface area contributed by atoms with Crippen molar-refractivity contribution in [2.45, 2.75) is 18.4 Å². The molecule has 0 unspecified atom stereocenters. The molecule has 174 valence electrons. The highest BCUT2D eigenvalue weighted by molar-refractivity contribution is 8.18. The summed E-state index contributed by atoms with van der Waals surface area (Å²) in [4.78, 5) is 26.6. The van der Waals surface area contributed by atoms with E-state index in [-0.39, 0.29) is 22.1 Å². The van der Waals surface area contributed by atoms with E-state index in [4.69, 9.17) is 27.4 Å². The molecule has 3 aromatic carbocycles. The largest absolute Gasteiger partial charge is 0.379 e. The zero-order chi connectivity index (χ0) is 24.5. The average Bonchev–Trinajstić information content (AvgIpc) is 3.03. The maximum absolute atomic E-state index is 12.9. The summed E-state index contributed by atoms with van der Waals surface area (Å²) in [7, 11) is -4.03. The molecule has 1 aliphatic rings. The minimum atomic E-state index is -4.03. The van der Waals surface area contributed by atoms with Gasteiger partial charge in [0.05, 0.1) is 11.4 Å². The number of carbonyl (C=O) groups is 2. The number of carbonyl (C=O) groups excluding carboxylic acids is 2. The Labute approximate surface area is 211 Å².